The zero-order valence-corrected chi connectivity index (χ0v) is 14.3. The number of nitrogens with zero attached hydrogens (tertiary/aromatic N) is 3. The third-order valence-electron chi connectivity index (χ3n) is 5.33. The lowest BCUT2D eigenvalue weighted by molar-refractivity contribution is -0.158. The van der Waals surface area contributed by atoms with E-state index in [9.17, 15) is 8.78 Å². The molecule has 4 rings (SSSR count). The number of halogens is 2. The topological polar surface area (TPSA) is 19.4 Å². The van der Waals surface area contributed by atoms with Gasteiger partial charge in [0.2, 0.25) is 0 Å². The number of anilines is 1. The molecule has 0 saturated carbocycles. The van der Waals surface area contributed by atoms with Crippen molar-refractivity contribution in [2.45, 2.75) is 25.3 Å². The highest BCUT2D eigenvalue weighted by atomic mass is 32.1. The first-order chi connectivity index (χ1) is 11.6. The monoisotopic (exact) mass is 349 g/mol. The van der Waals surface area contributed by atoms with Crippen LogP contribution in [-0.2, 0) is 6.54 Å². The lowest BCUT2D eigenvalue weighted by Crippen LogP contribution is -2.56. The first kappa shape index (κ1) is 16.0. The summed E-state index contributed by atoms with van der Waals surface area (Å²) in [5.74, 6) is -1.80. The van der Waals surface area contributed by atoms with Crippen LogP contribution in [0.5, 0.6) is 0 Å². The molecule has 2 aromatic heterocycles. The number of hydrogen-bond donors (Lipinski definition) is 0. The van der Waals surface area contributed by atoms with Gasteiger partial charge in [0.1, 0.15) is 5.82 Å². The van der Waals surface area contributed by atoms with Gasteiger partial charge in [-0.05, 0) is 30.0 Å². The highest BCUT2D eigenvalue weighted by Gasteiger charge is 2.59. The average Bonchev–Trinajstić information content (AvgIpc) is 3.23. The Morgan fingerprint density at radius 3 is 2.75 bits per heavy atom. The summed E-state index contributed by atoms with van der Waals surface area (Å²) in [6.45, 7) is 2.74. The molecular weight excluding hydrogens is 328 g/mol. The molecule has 2 aliphatic heterocycles. The fourth-order valence-electron chi connectivity index (χ4n) is 3.98. The number of likely N-dealkylation sites (tertiary alicyclic amines) is 1. The van der Waals surface area contributed by atoms with Crippen molar-refractivity contribution in [1.82, 2.24) is 9.88 Å². The van der Waals surface area contributed by atoms with Gasteiger partial charge in [0.15, 0.2) is 0 Å². The van der Waals surface area contributed by atoms with Crippen LogP contribution in [-0.4, -0.2) is 42.0 Å². The summed E-state index contributed by atoms with van der Waals surface area (Å²) in [6, 6.07) is 9.78. The molecule has 2 fully saturated rings. The van der Waals surface area contributed by atoms with Gasteiger partial charge in [0.25, 0.3) is 5.92 Å². The first-order valence-corrected chi connectivity index (χ1v) is 9.25. The maximum atomic E-state index is 14.8. The van der Waals surface area contributed by atoms with E-state index in [0.29, 0.717) is 32.6 Å². The molecule has 2 saturated heterocycles. The van der Waals surface area contributed by atoms with Gasteiger partial charge < -0.3 is 4.90 Å². The van der Waals surface area contributed by atoms with Gasteiger partial charge >= 0.3 is 0 Å². The van der Waals surface area contributed by atoms with Gasteiger partial charge in [-0.15, -0.1) is 11.3 Å². The summed E-state index contributed by atoms with van der Waals surface area (Å²) in [4.78, 5) is 9.80. The summed E-state index contributed by atoms with van der Waals surface area (Å²) < 4.78 is 29.7. The zero-order chi connectivity index (χ0) is 16.6. The number of thiophene rings is 1. The molecule has 4 heterocycles. The Labute approximate surface area is 144 Å². The van der Waals surface area contributed by atoms with E-state index in [2.05, 4.69) is 16.0 Å². The van der Waals surface area contributed by atoms with Crippen molar-refractivity contribution in [3.8, 4) is 0 Å². The summed E-state index contributed by atoms with van der Waals surface area (Å²) in [6.07, 6.45) is 2.20. The molecule has 0 bridgehead atoms. The Balaban J connectivity index is 1.53. The predicted molar refractivity (Wildman–Crippen MR) is 92.7 cm³/mol. The minimum absolute atomic E-state index is 0.0472. The maximum absolute atomic E-state index is 14.8. The molecule has 0 aromatic carbocycles. The van der Waals surface area contributed by atoms with Gasteiger partial charge in [0, 0.05) is 50.2 Å². The van der Waals surface area contributed by atoms with Crippen molar-refractivity contribution in [3.63, 3.8) is 0 Å². The highest BCUT2D eigenvalue weighted by molar-refractivity contribution is 7.09. The molecule has 1 spiro atoms. The number of hydrogen-bond acceptors (Lipinski definition) is 4. The fraction of sp³-hybridized carbons (Fsp3) is 0.500. The first-order valence-electron chi connectivity index (χ1n) is 8.37. The molecular formula is C18H21F2N3S. The summed E-state index contributed by atoms with van der Waals surface area (Å²) in [7, 11) is 0. The quantitative estimate of drug-likeness (QED) is 0.838. The smallest absolute Gasteiger partial charge is 0.257 e. The number of pyridine rings is 1. The average molecular weight is 349 g/mol. The second-order valence-electron chi connectivity index (χ2n) is 6.88. The Morgan fingerprint density at radius 1 is 1.08 bits per heavy atom. The van der Waals surface area contributed by atoms with Crippen LogP contribution >= 0.6 is 11.3 Å². The second kappa shape index (κ2) is 6.08. The van der Waals surface area contributed by atoms with E-state index in [1.54, 1.807) is 17.5 Å². The van der Waals surface area contributed by atoms with Gasteiger partial charge in [-0.2, -0.15) is 0 Å². The predicted octanol–water partition coefficient (Wildman–Crippen LogP) is 3.88. The molecule has 0 unspecified atom stereocenters. The Bertz CT molecular complexity index is 677. The maximum Gasteiger partial charge on any atom is 0.257 e. The molecule has 0 aliphatic carbocycles. The second-order valence-corrected chi connectivity index (χ2v) is 7.92. The minimum atomic E-state index is -2.61. The van der Waals surface area contributed by atoms with Crippen molar-refractivity contribution >= 4 is 17.2 Å². The lowest BCUT2D eigenvalue weighted by atomic mass is 9.75. The van der Waals surface area contributed by atoms with E-state index in [1.165, 1.54) is 4.88 Å². The molecule has 6 heteroatoms. The van der Waals surface area contributed by atoms with Crippen LogP contribution in [0.2, 0.25) is 0 Å². The molecule has 0 N–H and O–H groups in total. The van der Waals surface area contributed by atoms with Crippen LogP contribution in [0.25, 0.3) is 0 Å². The molecule has 1 atom stereocenters. The fourth-order valence-corrected chi connectivity index (χ4v) is 4.73. The lowest BCUT2D eigenvalue weighted by Gasteiger charge is -2.45. The highest BCUT2D eigenvalue weighted by Crippen LogP contribution is 2.50. The largest absolute Gasteiger partial charge is 0.356 e. The van der Waals surface area contributed by atoms with Crippen molar-refractivity contribution in [1.29, 1.82) is 0 Å². The van der Waals surface area contributed by atoms with Crippen molar-refractivity contribution in [2.24, 2.45) is 5.41 Å². The van der Waals surface area contributed by atoms with Crippen molar-refractivity contribution in [3.05, 3.63) is 46.8 Å². The number of aromatic nitrogens is 1. The third-order valence-corrected chi connectivity index (χ3v) is 6.19. The number of rotatable bonds is 3. The van der Waals surface area contributed by atoms with Crippen LogP contribution in [0.3, 0.4) is 0 Å². The normalized spacial score (nSPS) is 27.0. The minimum Gasteiger partial charge on any atom is -0.356 e. The Hall–Kier alpha value is -1.53. The van der Waals surface area contributed by atoms with Gasteiger partial charge in [0.05, 0.1) is 5.41 Å². The van der Waals surface area contributed by atoms with E-state index in [4.69, 9.17) is 0 Å². The SMILES string of the molecule is FC1(F)CCN(Cc2cccs2)C[C@]12CCN(c1ccccn1)C2. The summed E-state index contributed by atoms with van der Waals surface area (Å²) in [5.41, 5.74) is -0.958. The van der Waals surface area contributed by atoms with Crippen LogP contribution in [0.4, 0.5) is 14.6 Å². The third kappa shape index (κ3) is 2.82. The van der Waals surface area contributed by atoms with Crippen LogP contribution in [0.15, 0.2) is 41.9 Å². The molecule has 0 amide bonds. The molecule has 3 nitrogen and oxygen atoms in total. The van der Waals surface area contributed by atoms with Crippen LogP contribution in [0.1, 0.15) is 17.7 Å². The molecule has 2 aliphatic rings. The van der Waals surface area contributed by atoms with Crippen LogP contribution < -0.4 is 4.90 Å². The summed E-state index contributed by atoms with van der Waals surface area (Å²) in [5, 5.41) is 2.04. The van der Waals surface area contributed by atoms with E-state index in [0.717, 1.165) is 12.4 Å². The van der Waals surface area contributed by atoms with Crippen molar-refractivity contribution in [2.75, 3.05) is 31.1 Å². The number of alkyl halides is 2. The molecule has 0 radical (unpaired) electrons. The zero-order valence-electron chi connectivity index (χ0n) is 13.5. The van der Waals surface area contributed by atoms with Crippen molar-refractivity contribution < 1.29 is 8.78 Å². The van der Waals surface area contributed by atoms with Gasteiger partial charge in [-0.25, -0.2) is 13.8 Å². The van der Waals surface area contributed by atoms with E-state index >= 15 is 0 Å². The molecule has 24 heavy (non-hydrogen) atoms. The Kier molecular flexibility index (Phi) is 4.04. The van der Waals surface area contributed by atoms with Gasteiger partial charge in [-0.3, -0.25) is 4.90 Å². The molecule has 2 aromatic rings. The number of piperidine rings is 1. The van der Waals surface area contributed by atoms with E-state index in [1.807, 2.05) is 34.5 Å². The van der Waals surface area contributed by atoms with Crippen LogP contribution in [0, 0.1) is 5.41 Å². The standard InChI is InChI=1S/C18H21F2N3S/c19-18(20)7-9-22(12-15-4-3-11-24-15)13-17(18)6-10-23(14-17)16-5-1-2-8-21-16/h1-5,8,11H,6-7,9-10,12-14H2/t17-/m0/s1. The molecule has 128 valence electrons. The van der Waals surface area contributed by atoms with Gasteiger partial charge in [-0.1, -0.05) is 12.1 Å². The Morgan fingerprint density at radius 2 is 2.00 bits per heavy atom. The van der Waals surface area contributed by atoms with E-state index < -0.39 is 11.3 Å². The summed E-state index contributed by atoms with van der Waals surface area (Å²) >= 11 is 1.70. The van der Waals surface area contributed by atoms with E-state index in [-0.39, 0.29) is 6.42 Å².